The summed E-state index contributed by atoms with van der Waals surface area (Å²) in [5.74, 6) is 0.902. The van der Waals surface area contributed by atoms with E-state index in [1.807, 2.05) is 36.1 Å². The molecule has 2 rings (SSSR count). The second kappa shape index (κ2) is 7.50. The van der Waals surface area contributed by atoms with Gasteiger partial charge in [-0.1, -0.05) is 19.1 Å². The molecule has 0 radical (unpaired) electrons. The second-order valence-corrected chi connectivity index (χ2v) is 5.06. The lowest BCUT2D eigenvalue weighted by Crippen LogP contribution is -2.44. The van der Waals surface area contributed by atoms with Crippen molar-refractivity contribution in [3.63, 3.8) is 0 Å². The molecule has 1 atom stereocenters. The average molecular weight is 299 g/mol. The van der Waals surface area contributed by atoms with Crippen LogP contribution in [-0.4, -0.2) is 30.0 Å². The Balaban J connectivity index is 0.00000200. The molecule has 1 saturated carbocycles. The Morgan fingerprint density at radius 2 is 2.00 bits per heavy atom. The highest BCUT2D eigenvalue weighted by Gasteiger charge is 2.34. The van der Waals surface area contributed by atoms with E-state index in [4.69, 9.17) is 10.5 Å². The average Bonchev–Trinajstić information content (AvgIpc) is 3.28. The molecule has 0 bridgehead atoms. The van der Waals surface area contributed by atoms with E-state index in [0.29, 0.717) is 19.0 Å². The van der Waals surface area contributed by atoms with E-state index < -0.39 is 0 Å². The van der Waals surface area contributed by atoms with Gasteiger partial charge >= 0.3 is 0 Å². The van der Waals surface area contributed by atoms with Gasteiger partial charge in [-0.15, -0.1) is 12.4 Å². The highest BCUT2D eigenvalue weighted by molar-refractivity contribution is 5.85. The fraction of sp³-hybridized carbons (Fsp3) is 0.533. The summed E-state index contributed by atoms with van der Waals surface area (Å²) in [5, 5.41) is 0. The van der Waals surface area contributed by atoms with Crippen molar-refractivity contribution in [3.05, 3.63) is 29.8 Å². The molecule has 0 aromatic heterocycles. The number of amides is 1. The molecule has 2 N–H and O–H groups in total. The summed E-state index contributed by atoms with van der Waals surface area (Å²) in [5.41, 5.74) is 6.99. The van der Waals surface area contributed by atoms with Crippen LogP contribution in [0.3, 0.4) is 0 Å². The van der Waals surface area contributed by atoms with Crippen LogP contribution in [0.2, 0.25) is 0 Å². The summed E-state index contributed by atoms with van der Waals surface area (Å²) < 4.78 is 5.14. The smallest absolute Gasteiger partial charge is 0.240 e. The van der Waals surface area contributed by atoms with Crippen LogP contribution >= 0.6 is 12.4 Å². The predicted octanol–water partition coefficient (Wildman–Crippen LogP) is 2.35. The summed E-state index contributed by atoms with van der Waals surface area (Å²) in [4.78, 5) is 14.2. The molecule has 1 amide bonds. The summed E-state index contributed by atoms with van der Waals surface area (Å²) >= 11 is 0. The van der Waals surface area contributed by atoms with E-state index in [2.05, 4.69) is 0 Å². The summed E-state index contributed by atoms with van der Waals surface area (Å²) in [6.07, 6.45) is 2.88. The third-order valence-corrected chi connectivity index (χ3v) is 3.54. The molecule has 20 heavy (non-hydrogen) atoms. The zero-order valence-corrected chi connectivity index (χ0v) is 12.9. The fourth-order valence-corrected chi connectivity index (χ4v) is 2.09. The van der Waals surface area contributed by atoms with Gasteiger partial charge in [0.15, 0.2) is 0 Å². The number of ether oxygens (including phenoxy) is 1. The Labute approximate surface area is 126 Å². The molecule has 1 fully saturated rings. The zero-order valence-electron chi connectivity index (χ0n) is 12.0. The molecule has 0 saturated heterocycles. The Morgan fingerprint density at radius 1 is 1.40 bits per heavy atom. The third kappa shape index (κ3) is 4.12. The molecule has 1 aromatic rings. The van der Waals surface area contributed by atoms with Gasteiger partial charge in [-0.05, 0) is 37.0 Å². The monoisotopic (exact) mass is 298 g/mol. The topological polar surface area (TPSA) is 55.6 Å². The van der Waals surface area contributed by atoms with Gasteiger partial charge in [0, 0.05) is 12.6 Å². The Morgan fingerprint density at radius 3 is 2.45 bits per heavy atom. The predicted molar refractivity (Wildman–Crippen MR) is 82.1 cm³/mol. The van der Waals surface area contributed by atoms with Gasteiger partial charge in [-0.3, -0.25) is 4.79 Å². The maximum atomic E-state index is 12.3. The molecule has 1 aliphatic rings. The van der Waals surface area contributed by atoms with Crippen LogP contribution < -0.4 is 10.5 Å². The first-order chi connectivity index (χ1) is 9.15. The van der Waals surface area contributed by atoms with Gasteiger partial charge < -0.3 is 15.4 Å². The first kappa shape index (κ1) is 16.8. The molecule has 0 unspecified atom stereocenters. The summed E-state index contributed by atoms with van der Waals surface area (Å²) in [6, 6.07) is 7.85. The standard InChI is InChI=1S/C15H22N2O2.ClH/c1-3-14(16)15(18)17(12-6-7-12)10-11-4-8-13(19-2)9-5-11;/h4-5,8-9,12,14H,3,6-7,10,16H2,1-2H3;1H/t14-;/m0./s1. The lowest BCUT2D eigenvalue weighted by Gasteiger charge is -2.25. The van der Waals surface area contributed by atoms with E-state index in [9.17, 15) is 4.79 Å². The van der Waals surface area contributed by atoms with Gasteiger partial charge in [0.05, 0.1) is 13.2 Å². The van der Waals surface area contributed by atoms with Crippen molar-refractivity contribution >= 4 is 18.3 Å². The van der Waals surface area contributed by atoms with E-state index in [1.54, 1.807) is 7.11 Å². The molecule has 4 nitrogen and oxygen atoms in total. The zero-order chi connectivity index (χ0) is 13.8. The fourth-order valence-electron chi connectivity index (χ4n) is 2.09. The Hall–Kier alpha value is -1.26. The van der Waals surface area contributed by atoms with Crippen LogP contribution in [0.4, 0.5) is 0 Å². The lowest BCUT2D eigenvalue weighted by atomic mass is 10.1. The van der Waals surface area contributed by atoms with Crippen LogP contribution in [0.15, 0.2) is 24.3 Å². The summed E-state index contributed by atoms with van der Waals surface area (Å²) in [6.45, 7) is 2.59. The molecule has 5 heteroatoms. The van der Waals surface area contributed by atoms with Crippen molar-refractivity contribution in [2.45, 2.75) is 44.8 Å². The maximum Gasteiger partial charge on any atom is 0.240 e. The van der Waals surface area contributed by atoms with Crippen molar-refractivity contribution in [2.75, 3.05) is 7.11 Å². The first-order valence-electron chi connectivity index (χ1n) is 6.84. The lowest BCUT2D eigenvalue weighted by molar-refractivity contribution is -0.133. The number of nitrogens with two attached hydrogens (primary N) is 1. The van der Waals surface area contributed by atoms with Crippen molar-refractivity contribution < 1.29 is 9.53 Å². The van der Waals surface area contributed by atoms with Crippen LogP contribution in [0.25, 0.3) is 0 Å². The number of carbonyl (C=O) groups is 1. The Kier molecular flexibility index (Phi) is 6.30. The number of halogens is 1. The molecule has 0 aliphatic heterocycles. The van der Waals surface area contributed by atoms with Crippen LogP contribution in [0.5, 0.6) is 5.75 Å². The highest BCUT2D eigenvalue weighted by Crippen LogP contribution is 2.29. The van der Waals surface area contributed by atoms with Gasteiger partial charge in [0.25, 0.3) is 0 Å². The maximum absolute atomic E-state index is 12.3. The van der Waals surface area contributed by atoms with E-state index >= 15 is 0 Å². The van der Waals surface area contributed by atoms with Gasteiger partial charge in [0.2, 0.25) is 5.91 Å². The van der Waals surface area contributed by atoms with Gasteiger partial charge in [-0.2, -0.15) is 0 Å². The normalized spacial score (nSPS) is 15.2. The molecule has 0 heterocycles. The van der Waals surface area contributed by atoms with Crippen LogP contribution in [0.1, 0.15) is 31.7 Å². The largest absolute Gasteiger partial charge is 0.497 e. The number of nitrogens with zero attached hydrogens (tertiary/aromatic N) is 1. The Bertz CT molecular complexity index is 432. The minimum Gasteiger partial charge on any atom is -0.497 e. The number of benzene rings is 1. The molecule has 0 spiro atoms. The molecular formula is C15H23ClN2O2. The van der Waals surface area contributed by atoms with Crippen molar-refractivity contribution in [1.82, 2.24) is 4.90 Å². The SMILES string of the molecule is CC[C@H](N)C(=O)N(Cc1ccc(OC)cc1)C1CC1.Cl. The number of rotatable bonds is 6. The molecule has 1 aliphatic carbocycles. The summed E-state index contributed by atoms with van der Waals surface area (Å²) in [7, 11) is 1.65. The number of hydrogen-bond donors (Lipinski definition) is 1. The third-order valence-electron chi connectivity index (χ3n) is 3.54. The number of carbonyl (C=O) groups excluding carboxylic acids is 1. The quantitative estimate of drug-likeness (QED) is 0.877. The van der Waals surface area contributed by atoms with Crippen LogP contribution in [0, 0.1) is 0 Å². The van der Waals surface area contributed by atoms with E-state index in [-0.39, 0.29) is 24.4 Å². The second-order valence-electron chi connectivity index (χ2n) is 5.06. The minimum atomic E-state index is -0.376. The van der Waals surface area contributed by atoms with Crippen molar-refractivity contribution in [2.24, 2.45) is 5.73 Å². The van der Waals surface area contributed by atoms with Crippen LogP contribution in [-0.2, 0) is 11.3 Å². The van der Waals surface area contributed by atoms with E-state index in [0.717, 1.165) is 24.2 Å². The highest BCUT2D eigenvalue weighted by atomic mass is 35.5. The molecular weight excluding hydrogens is 276 g/mol. The van der Waals surface area contributed by atoms with Crippen molar-refractivity contribution in [3.8, 4) is 5.75 Å². The molecule has 112 valence electrons. The number of hydrogen-bond acceptors (Lipinski definition) is 3. The minimum absolute atomic E-state index is 0. The van der Waals surface area contributed by atoms with Gasteiger partial charge in [0.1, 0.15) is 5.75 Å². The first-order valence-corrected chi connectivity index (χ1v) is 6.84. The van der Waals surface area contributed by atoms with Gasteiger partial charge in [-0.25, -0.2) is 0 Å². The van der Waals surface area contributed by atoms with E-state index in [1.165, 1.54) is 0 Å². The van der Waals surface area contributed by atoms with Crippen molar-refractivity contribution in [1.29, 1.82) is 0 Å². The number of methoxy groups -OCH3 is 1. The molecule has 1 aromatic carbocycles.